The molecule has 0 aromatic heterocycles. The number of rotatable bonds is 3. The molecule has 14 heavy (non-hydrogen) atoms. The van der Waals surface area contributed by atoms with E-state index >= 15 is 0 Å². The largest absolute Gasteiger partial charge is 0.379 e. The lowest BCUT2D eigenvalue weighted by Gasteiger charge is -2.27. The van der Waals surface area contributed by atoms with Crippen LogP contribution in [0.3, 0.4) is 0 Å². The van der Waals surface area contributed by atoms with Gasteiger partial charge in [-0.05, 0) is 6.92 Å². The molecule has 0 radical (unpaired) electrons. The standard InChI is InChI=1S/C8H18NO.CHF3/c1-3-10-8-9(2)6-4-5-7-9;2-1(3)4/h3-8H2,1-2H3;1H/q+1;. The highest BCUT2D eigenvalue weighted by atomic mass is 19.4. The third-order valence-corrected chi connectivity index (χ3v) is 2.25. The van der Waals surface area contributed by atoms with E-state index < -0.39 is 6.68 Å². The Balaban J connectivity index is 0.000000364. The van der Waals surface area contributed by atoms with E-state index in [0.29, 0.717) is 0 Å². The number of quaternary nitrogens is 1. The lowest BCUT2D eigenvalue weighted by Crippen LogP contribution is -2.42. The molecular weight excluding hydrogens is 195 g/mol. The summed E-state index contributed by atoms with van der Waals surface area (Å²) in [6, 6.07) is 0. The molecule has 0 aromatic carbocycles. The van der Waals surface area contributed by atoms with E-state index in [4.69, 9.17) is 4.74 Å². The third kappa shape index (κ3) is 7.15. The Hall–Kier alpha value is -0.290. The van der Waals surface area contributed by atoms with Crippen molar-refractivity contribution >= 4 is 0 Å². The summed E-state index contributed by atoms with van der Waals surface area (Å²) in [5.74, 6) is 0. The number of nitrogens with zero attached hydrogens (tertiary/aromatic N) is 1. The van der Waals surface area contributed by atoms with Gasteiger partial charge in [-0.2, -0.15) is 13.2 Å². The fraction of sp³-hybridized carbons (Fsp3) is 1.00. The fourth-order valence-corrected chi connectivity index (χ4v) is 1.54. The molecule has 0 aliphatic carbocycles. The molecule has 2 nitrogen and oxygen atoms in total. The summed E-state index contributed by atoms with van der Waals surface area (Å²) in [5.41, 5.74) is 0. The SMILES string of the molecule is CCOC[N+]1(C)CCCC1.FC(F)F. The Morgan fingerprint density at radius 3 is 2.00 bits per heavy atom. The van der Waals surface area contributed by atoms with Gasteiger partial charge in [0, 0.05) is 19.4 Å². The van der Waals surface area contributed by atoms with Gasteiger partial charge in [-0.3, -0.25) is 0 Å². The predicted octanol–water partition coefficient (Wildman–Crippen LogP) is 2.40. The number of ether oxygens (including phenoxy) is 1. The minimum Gasteiger partial charge on any atom is -0.332 e. The molecule has 1 aliphatic heterocycles. The first kappa shape index (κ1) is 13.7. The van der Waals surface area contributed by atoms with Crippen LogP contribution in [0.25, 0.3) is 0 Å². The lowest BCUT2D eigenvalue weighted by molar-refractivity contribution is -0.916. The van der Waals surface area contributed by atoms with Crippen LogP contribution in [-0.2, 0) is 4.74 Å². The average Bonchev–Trinajstić information content (AvgIpc) is 2.48. The second-order valence-electron chi connectivity index (χ2n) is 3.64. The van der Waals surface area contributed by atoms with E-state index in [0.717, 1.165) is 17.8 Å². The number of likely N-dealkylation sites (tertiary alicyclic amines) is 1. The molecule has 1 aliphatic rings. The Labute approximate surface area is 83.2 Å². The number of halogens is 3. The van der Waals surface area contributed by atoms with Gasteiger partial charge in [0.15, 0.2) is 6.73 Å². The second-order valence-corrected chi connectivity index (χ2v) is 3.64. The van der Waals surface area contributed by atoms with Crippen molar-refractivity contribution in [3.8, 4) is 0 Å². The van der Waals surface area contributed by atoms with Crippen molar-refractivity contribution in [1.29, 1.82) is 0 Å². The molecule has 0 aromatic rings. The van der Waals surface area contributed by atoms with Crippen molar-refractivity contribution in [2.75, 3.05) is 33.5 Å². The van der Waals surface area contributed by atoms with Crippen LogP contribution in [-0.4, -0.2) is 44.6 Å². The maximum absolute atomic E-state index is 9.67. The first-order valence-electron chi connectivity index (χ1n) is 4.84. The molecular formula is C9H19F3NO+. The Bertz CT molecular complexity index is 135. The second kappa shape index (κ2) is 7.06. The topological polar surface area (TPSA) is 9.23 Å². The van der Waals surface area contributed by atoms with E-state index in [1.165, 1.54) is 25.9 Å². The van der Waals surface area contributed by atoms with E-state index in [9.17, 15) is 13.2 Å². The van der Waals surface area contributed by atoms with Crippen molar-refractivity contribution in [2.45, 2.75) is 26.4 Å². The zero-order valence-electron chi connectivity index (χ0n) is 8.81. The molecule has 0 saturated carbocycles. The minimum absolute atomic E-state index is 0.855. The molecule has 0 bridgehead atoms. The zero-order chi connectivity index (χ0) is 11.0. The van der Waals surface area contributed by atoms with Crippen LogP contribution in [0.2, 0.25) is 0 Å². The van der Waals surface area contributed by atoms with Gasteiger partial charge in [0.2, 0.25) is 0 Å². The summed E-state index contributed by atoms with van der Waals surface area (Å²) in [7, 11) is 2.28. The average molecular weight is 214 g/mol. The van der Waals surface area contributed by atoms with Gasteiger partial charge in [-0.25, -0.2) is 0 Å². The smallest absolute Gasteiger partial charge is 0.332 e. The normalized spacial score (nSPS) is 19.3. The summed E-state index contributed by atoms with van der Waals surface area (Å²) < 4.78 is 35.5. The monoisotopic (exact) mass is 214 g/mol. The number of hydrogen-bond donors (Lipinski definition) is 0. The predicted molar refractivity (Wildman–Crippen MR) is 48.8 cm³/mol. The molecule has 5 heteroatoms. The summed E-state index contributed by atoms with van der Waals surface area (Å²) in [6.07, 6.45) is 2.76. The van der Waals surface area contributed by atoms with E-state index in [1.807, 2.05) is 0 Å². The maximum Gasteiger partial charge on any atom is 0.379 e. The van der Waals surface area contributed by atoms with E-state index in [1.54, 1.807) is 0 Å². The van der Waals surface area contributed by atoms with Crippen LogP contribution in [0.1, 0.15) is 19.8 Å². The van der Waals surface area contributed by atoms with E-state index in [-0.39, 0.29) is 0 Å². The van der Waals surface area contributed by atoms with Crippen LogP contribution in [0.4, 0.5) is 13.2 Å². The van der Waals surface area contributed by atoms with Crippen molar-refractivity contribution < 1.29 is 22.4 Å². The van der Waals surface area contributed by atoms with Gasteiger partial charge in [0.05, 0.1) is 20.1 Å². The van der Waals surface area contributed by atoms with Crippen molar-refractivity contribution in [1.82, 2.24) is 0 Å². The molecule has 1 fully saturated rings. The maximum atomic E-state index is 9.67. The highest BCUT2D eigenvalue weighted by Gasteiger charge is 2.26. The molecule has 0 N–H and O–H groups in total. The quantitative estimate of drug-likeness (QED) is 0.655. The van der Waals surface area contributed by atoms with Crippen LogP contribution < -0.4 is 0 Å². The molecule has 0 spiro atoms. The van der Waals surface area contributed by atoms with Gasteiger partial charge in [-0.15, -0.1) is 0 Å². The van der Waals surface area contributed by atoms with Gasteiger partial charge in [0.25, 0.3) is 0 Å². The Morgan fingerprint density at radius 2 is 1.64 bits per heavy atom. The zero-order valence-corrected chi connectivity index (χ0v) is 8.81. The fourth-order valence-electron chi connectivity index (χ4n) is 1.54. The first-order valence-corrected chi connectivity index (χ1v) is 4.84. The Kier molecular flexibility index (Phi) is 6.92. The molecule has 1 heterocycles. The van der Waals surface area contributed by atoms with Crippen molar-refractivity contribution in [3.05, 3.63) is 0 Å². The highest BCUT2D eigenvalue weighted by molar-refractivity contribution is 4.48. The highest BCUT2D eigenvalue weighted by Crippen LogP contribution is 2.15. The van der Waals surface area contributed by atoms with Crippen LogP contribution in [0.5, 0.6) is 0 Å². The minimum atomic E-state index is -3.67. The molecule has 0 atom stereocenters. The van der Waals surface area contributed by atoms with Crippen LogP contribution in [0, 0.1) is 0 Å². The van der Waals surface area contributed by atoms with Crippen LogP contribution in [0.15, 0.2) is 0 Å². The van der Waals surface area contributed by atoms with Crippen molar-refractivity contribution in [3.63, 3.8) is 0 Å². The molecule has 0 amide bonds. The molecule has 86 valence electrons. The summed E-state index contributed by atoms with van der Waals surface area (Å²) in [6.45, 7) is 2.77. The Morgan fingerprint density at radius 1 is 1.21 bits per heavy atom. The van der Waals surface area contributed by atoms with Gasteiger partial charge in [-0.1, -0.05) is 0 Å². The molecule has 1 rings (SSSR count). The summed E-state index contributed by atoms with van der Waals surface area (Å²) >= 11 is 0. The first-order chi connectivity index (χ1) is 6.50. The van der Waals surface area contributed by atoms with Gasteiger partial charge >= 0.3 is 6.68 Å². The van der Waals surface area contributed by atoms with E-state index in [2.05, 4.69) is 14.0 Å². The third-order valence-electron chi connectivity index (χ3n) is 2.25. The molecule has 0 unspecified atom stereocenters. The number of hydrogen-bond acceptors (Lipinski definition) is 1. The van der Waals surface area contributed by atoms with Crippen molar-refractivity contribution in [2.24, 2.45) is 0 Å². The van der Waals surface area contributed by atoms with Crippen LogP contribution >= 0.6 is 0 Å². The van der Waals surface area contributed by atoms with Gasteiger partial charge in [0.1, 0.15) is 0 Å². The summed E-state index contributed by atoms with van der Waals surface area (Å²) in [4.78, 5) is 0. The molecule has 1 saturated heterocycles. The van der Waals surface area contributed by atoms with Gasteiger partial charge < -0.3 is 9.22 Å². The number of alkyl halides is 3. The lowest BCUT2D eigenvalue weighted by atomic mass is 10.4. The summed E-state index contributed by atoms with van der Waals surface area (Å²) in [5, 5.41) is 0.